The fourth-order valence-electron chi connectivity index (χ4n) is 4.49. The SMILES string of the molecule is O=C(/C=C\c1ccc(O)cc1)OC1[C@H](Oc2c(-c3ccc(O)cc3)oc3cc(O)cc(O)c3c2=O)OC(CO)[C@@H](O)[C@@H]1O. The van der Waals surface area contributed by atoms with E-state index in [2.05, 4.69) is 0 Å². The molecule has 2 heterocycles. The Balaban J connectivity index is 1.55. The number of ether oxygens (including phenoxy) is 3. The topological polar surface area (TPSA) is 217 Å². The number of aliphatic hydroxyl groups is 3. The Labute approximate surface area is 242 Å². The highest BCUT2D eigenvalue weighted by Crippen LogP contribution is 2.37. The van der Waals surface area contributed by atoms with Crippen molar-refractivity contribution < 1.29 is 59.2 Å². The highest BCUT2D eigenvalue weighted by Gasteiger charge is 2.48. The molecule has 0 bridgehead atoms. The minimum Gasteiger partial charge on any atom is -0.508 e. The Bertz CT molecular complexity index is 1710. The zero-order chi connectivity index (χ0) is 30.8. The maximum absolute atomic E-state index is 13.7. The average molecular weight is 595 g/mol. The quantitative estimate of drug-likeness (QED) is 0.120. The van der Waals surface area contributed by atoms with Gasteiger partial charge in [0.1, 0.15) is 52.3 Å². The molecule has 13 nitrogen and oxygen atoms in total. The van der Waals surface area contributed by atoms with Gasteiger partial charge in [-0.05, 0) is 48.0 Å². The molecule has 5 atom stereocenters. The van der Waals surface area contributed by atoms with Crippen LogP contribution in [0.5, 0.6) is 28.7 Å². The number of benzene rings is 3. The molecule has 5 rings (SSSR count). The molecule has 0 aliphatic carbocycles. The number of esters is 1. The second-order valence-corrected chi connectivity index (χ2v) is 9.63. The number of rotatable bonds is 7. The van der Waals surface area contributed by atoms with Crippen molar-refractivity contribution in [3.8, 4) is 40.1 Å². The fourth-order valence-corrected chi connectivity index (χ4v) is 4.49. The van der Waals surface area contributed by atoms with Crippen LogP contribution in [-0.2, 0) is 14.3 Å². The summed E-state index contributed by atoms with van der Waals surface area (Å²) in [5.41, 5.74) is -0.422. The second-order valence-electron chi connectivity index (χ2n) is 9.63. The second kappa shape index (κ2) is 12.0. The van der Waals surface area contributed by atoms with Gasteiger partial charge < -0.3 is 54.4 Å². The first-order chi connectivity index (χ1) is 20.5. The van der Waals surface area contributed by atoms with E-state index in [1.54, 1.807) is 0 Å². The molecule has 0 amide bonds. The molecule has 224 valence electrons. The van der Waals surface area contributed by atoms with Crippen LogP contribution in [0.25, 0.3) is 28.4 Å². The maximum Gasteiger partial charge on any atom is 0.331 e. The van der Waals surface area contributed by atoms with E-state index in [4.69, 9.17) is 18.6 Å². The van der Waals surface area contributed by atoms with E-state index >= 15 is 0 Å². The number of hydrogen-bond donors (Lipinski definition) is 7. The molecule has 1 aliphatic rings. The molecule has 4 aromatic rings. The van der Waals surface area contributed by atoms with Crippen LogP contribution < -0.4 is 10.2 Å². The fraction of sp³-hybridized carbons (Fsp3) is 0.200. The average Bonchev–Trinajstić information content (AvgIpc) is 2.97. The third kappa shape index (κ3) is 6.10. The molecule has 43 heavy (non-hydrogen) atoms. The first-order valence-corrected chi connectivity index (χ1v) is 12.8. The van der Waals surface area contributed by atoms with Crippen molar-refractivity contribution in [3.05, 3.63) is 82.5 Å². The van der Waals surface area contributed by atoms with Crippen molar-refractivity contribution >= 4 is 23.0 Å². The lowest BCUT2D eigenvalue weighted by molar-refractivity contribution is -0.281. The summed E-state index contributed by atoms with van der Waals surface area (Å²) >= 11 is 0. The number of aliphatic hydroxyl groups excluding tert-OH is 3. The standard InChI is InChI=1S/C30H26O13/c31-13-21-24(37)26(39)29(42-22(36)10-3-14-1-6-16(32)7-2-14)30(41-21)43-28-25(38)23-19(35)11-18(34)12-20(23)40-27(28)15-4-8-17(33)9-5-15/h1-12,21,24,26,29-35,37,39H,13H2/b10-3-/t21?,24-,26+,29?,30+/m1/s1. The first-order valence-electron chi connectivity index (χ1n) is 12.8. The number of carbonyl (C=O) groups is 1. The van der Waals surface area contributed by atoms with Gasteiger partial charge in [-0.25, -0.2) is 4.79 Å². The summed E-state index contributed by atoms with van der Waals surface area (Å²) in [4.78, 5) is 26.4. The van der Waals surface area contributed by atoms with Gasteiger partial charge in [0.05, 0.1) is 6.61 Å². The molecule has 0 saturated carbocycles. The van der Waals surface area contributed by atoms with Crippen molar-refractivity contribution in [2.24, 2.45) is 0 Å². The molecule has 2 unspecified atom stereocenters. The lowest BCUT2D eigenvalue weighted by Crippen LogP contribution is -2.61. The Hall–Kier alpha value is -5.08. The number of phenols is 4. The van der Waals surface area contributed by atoms with Crippen LogP contribution in [0.1, 0.15) is 5.56 Å². The van der Waals surface area contributed by atoms with Crippen molar-refractivity contribution in [2.45, 2.75) is 30.7 Å². The Morgan fingerprint density at radius 2 is 1.53 bits per heavy atom. The number of phenolic OH excluding ortho intramolecular Hbond substituents is 4. The Morgan fingerprint density at radius 1 is 0.884 bits per heavy atom. The molecule has 0 radical (unpaired) electrons. The molecule has 1 aliphatic heterocycles. The largest absolute Gasteiger partial charge is 0.508 e. The minimum atomic E-state index is -1.85. The summed E-state index contributed by atoms with van der Waals surface area (Å²) in [6.07, 6.45) is -6.16. The summed E-state index contributed by atoms with van der Waals surface area (Å²) < 4.78 is 22.7. The van der Waals surface area contributed by atoms with Gasteiger partial charge in [0.15, 0.2) is 11.9 Å². The van der Waals surface area contributed by atoms with Crippen LogP contribution in [0, 0.1) is 0 Å². The van der Waals surface area contributed by atoms with Crippen molar-refractivity contribution in [1.29, 1.82) is 0 Å². The van der Waals surface area contributed by atoms with E-state index in [1.807, 2.05) is 0 Å². The van der Waals surface area contributed by atoms with E-state index in [1.165, 1.54) is 54.6 Å². The molecular weight excluding hydrogens is 568 g/mol. The van der Waals surface area contributed by atoms with E-state index < -0.39 is 66.0 Å². The highest BCUT2D eigenvalue weighted by atomic mass is 16.7. The van der Waals surface area contributed by atoms with E-state index in [9.17, 15) is 45.3 Å². The molecule has 1 fully saturated rings. The normalized spacial score (nSPS) is 22.1. The molecular formula is C30H26O13. The summed E-state index contributed by atoms with van der Waals surface area (Å²) in [6, 6.07) is 13.2. The maximum atomic E-state index is 13.7. The Morgan fingerprint density at radius 3 is 2.19 bits per heavy atom. The number of carbonyl (C=O) groups excluding carboxylic acids is 1. The van der Waals surface area contributed by atoms with Crippen molar-refractivity contribution in [3.63, 3.8) is 0 Å². The molecule has 7 N–H and O–H groups in total. The van der Waals surface area contributed by atoms with E-state index in [0.717, 1.165) is 18.2 Å². The number of fused-ring (bicyclic) bond motifs is 1. The van der Waals surface area contributed by atoms with Gasteiger partial charge in [0, 0.05) is 23.8 Å². The number of aromatic hydroxyl groups is 4. The summed E-state index contributed by atoms with van der Waals surface area (Å²) in [7, 11) is 0. The Kier molecular flexibility index (Phi) is 8.23. The smallest absolute Gasteiger partial charge is 0.331 e. The monoisotopic (exact) mass is 594 g/mol. The van der Waals surface area contributed by atoms with E-state index in [-0.39, 0.29) is 33.8 Å². The lowest BCUT2D eigenvalue weighted by Gasteiger charge is -2.41. The molecule has 0 spiro atoms. The van der Waals surface area contributed by atoms with Gasteiger partial charge in [-0.2, -0.15) is 0 Å². The van der Waals surface area contributed by atoms with Crippen molar-refractivity contribution in [2.75, 3.05) is 6.61 Å². The van der Waals surface area contributed by atoms with Crippen molar-refractivity contribution in [1.82, 2.24) is 0 Å². The summed E-state index contributed by atoms with van der Waals surface area (Å²) in [5.74, 6) is -2.94. The minimum absolute atomic E-state index is 0.0181. The predicted octanol–water partition coefficient (Wildman–Crippen LogP) is 1.73. The zero-order valence-corrected chi connectivity index (χ0v) is 22.1. The van der Waals surface area contributed by atoms with Crippen LogP contribution in [-0.4, -0.2) is 79.0 Å². The molecule has 3 aromatic carbocycles. The van der Waals surface area contributed by atoms with Gasteiger partial charge in [0.25, 0.3) is 0 Å². The first kappa shape index (κ1) is 29.4. The van der Waals surface area contributed by atoms with Gasteiger partial charge in [-0.15, -0.1) is 0 Å². The molecule has 1 saturated heterocycles. The summed E-state index contributed by atoms with van der Waals surface area (Å²) in [5, 5.41) is 70.2. The lowest BCUT2D eigenvalue weighted by atomic mass is 9.99. The third-order valence-corrected chi connectivity index (χ3v) is 6.66. The van der Waals surface area contributed by atoms with Gasteiger partial charge >= 0.3 is 5.97 Å². The zero-order valence-electron chi connectivity index (χ0n) is 22.1. The predicted molar refractivity (Wildman–Crippen MR) is 148 cm³/mol. The van der Waals surface area contributed by atoms with Gasteiger partial charge in [-0.3, -0.25) is 4.79 Å². The molecule has 1 aromatic heterocycles. The van der Waals surface area contributed by atoms with Crippen LogP contribution >= 0.6 is 0 Å². The van der Waals surface area contributed by atoms with Crippen LogP contribution in [0.3, 0.4) is 0 Å². The highest BCUT2D eigenvalue weighted by molar-refractivity contribution is 5.88. The summed E-state index contributed by atoms with van der Waals surface area (Å²) in [6.45, 7) is -0.781. The van der Waals surface area contributed by atoms with E-state index in [0.29, 0.717) is 5.56 Å². The third-order valence-electron chi connectivity index (χ3n) is 6.66. The molecule has 13 heteroatoms. The van der Waals surface area contributed by atoms with Crippen LogP contribution in [0.15, 0.2) is 76.0 Å². The van der Waals surface area contributed by atoms with Gasteiger partial charge in [0.2, 0.25) is 17.5 Å². The van der Waals surface area contributed by atoms with Gasteiger partial charge in [-0.1, -0.05) is 12.1 Å². The number of hydrogen-bond acceptors (Lipinski definition) is 13. The van der Waals surface area contributed by atoms with Crippen LogP contribution in [0.2, 0.25) is 0 Å². The van der Waals surface area contributed by atoms with Crippen LogP contribution in [0.4, 0.5) is 0 Å².